The van der Waals surface area contributed by atoms with E-state index >= 15 is 0 Å². The highest BCUT2D eigenvalue weighted by atomic mass is 16.2. The van der Waals surface area contributed by atoms with Gasteiger partial charge < -0.3 is 9.80 Å². The van der Waals surface area contributed by atoms with Crippen molar-refractivity contribution >= 4 is 11.8 Å². The molecule has 0 aliphatic rings. The molecule has 0 N–H and O–H groups in total. The van der Waals surface area contributed by atoms with E-state index in [1.54, 1.807) is 12.1 Å². The SMILES string of the molecule is O=C(c1ccccc1C(=O)N(Cc1ccccc1)Cc1ccccc1)N(Cc1ccccc1)Cc1ccccc1. The summed E-state index contributed by atoms with van der Waals surface area (Å²) in [5, 5.41) is 0. The van der Waals surface area contributed by atoms with E-state index in [0.717, 1.165) is 22.3 Å². The van der Waals surface area contributed by atoms with Crippen molar-refractivity contribution in [2.24, 2.45) is 0 Å². The Hall–Kier alpha value is -4.96. The van der Waals surface area contributed by atoms with E-state index in [0.29, 0.717) is 37.3 Å². The molecular formula is C36H32N2O2. The molecule has 0 radical (unpaired) electrons. The molecule has 0 fully saturated rings. The lowest BCUT2D eigenvalue weighted by molar-refractivity contribution is 0.0691. The summed E-state index contributed by atoms with van der Waals surface area (Å²) in [7, 11) is 0. The van der Waals surface area contributed by atoms with Crippen LogP contribution in [0.5, 0.6) is 0 Å². The fourth-order valence-electron chi connectivity index (χ4n) is 4.81. The molecule has 198 valence electrons. The van der Waals surface area contributed by atoms with Crippen LogP contribution >= 0.6 is 0 Å². The lowest BCUT2D eigenvalue weighted by atomic mass is 10.0. The standard InChI is InChI=1S/C36H32N2O2/c39-35(37(25-29-15-5-1-6-16-29)26-30-17-7-2-8-18-30)33-23-13-14-24-34(33)36(40)38(27-31-19-9-3-10-20-31)28-32-21-11-4-12-22-32/h1-24H,25-28H2. The minimum Gasteiger partial charge on any atom is -0.330 e. The third kappa shape index (κ3) is 6.91. The van der Waals surface area contributed by atoms with Gasteiger partial charge in [0.15, 0.2) is 0 Å². The van der Waals surface area contributed by atoms with Gasteiger partial charge in [0.05, 0.1) is 11.1 Å². The second-order valence-corrected chi connectivity index (χ2v) is 9.81. The van der Waals surface area contributed by atoms with Crippen molar-refractivity contribution in [1.29, 1.82) is 0 Å². The molecule has 0 atom stereocenters. The highest BCUT2D eigenvalue weighted by Crippen LogP contribution is 2.21. The fourth-order valence-corrected chi connectivity index (χ4v) is 4.81. The molecule has 0 heterocycles. The van der Waals surface area contributed by atoms with E-state index in [1.807, 2.05) is 143 Å². The van der Waals surface area contributed by atoms with Crippen molar-refractivity contribution in [3.63, 3.8) is 0 Å². The lowest BCUT2D eigenvalue weighted by Crippen LogP contribution is -2.34. The Balaban J connectivity index is 1.48. The fraction of sp³-hybridized carbons (Fsp3) is 0.111. The predicted octanol–water partition coefficient (Wildman–Crippen LogP) is 7.37. The van der Waals surface area contributed by atoms with Gasteiger partial charge in [-0.25, -0.2) is 0 Å². The third-order valence-electron chi connectivity index (χ3n) is 6.83. The predicted molar refractivity (Wildman–Crippen MR) is 159 cm³/mol. The Morgan fingerprint density at radius 2 is 0.575 bits per heavy atom. The number of hydrogen-bond donors (Lipinski definition) is 0. The van der Waals surface area contributed by atoms with E-state index in [2.05, 4.69) is 0 Å². The second kappa shape index (κ2) is 13.2. The zero-order chi connectivity index (χ0) is 27.6. The van der Waals surface area contributed by atoms with E-state index in [9.17, 15) is 9.59 Å². The van der Waals surface area contributed by atoms with Gasteiger partial charge in [0.1, 0.15) is 0 Å². The second-order valence-electron chi connectivity index (χ2n) is 9.81. The number of rotatable bonds is 10. The molecule has 0 saturated carbocycles. The van der Waals surface area contributed by atoms with Gasteiger partial charge in [-0.15, -0.1) is 0 Å². The zero-order valence-corrected chi connectivity index (χ0v) is 22.4. The molecule has 0 spiro atoms. The summed E-state index contributed by atoms with van der Waals surface area (Å²) >= 11 is 0. The first kappa shape index (κ1) is 26.6. The Kier molecular flexibility index (Phi) is 8.80. The van der Waals surface area contributed by atoms with Crippen molar-refractivity contribution in [2.45, 2.75) is 26.2 Å². The molecule has 0 aliphatic carbocycles. The van der Waals surface area contributed by atoms with Gasteiger partial charge in [0, 0.05) is 26.2 Å². The number of nitrogens with zero attached hydrogens (tertiary/aromatic N) is 2. The summed E-state index contributed by atoms with van der Waals surface area (Å²) in [6, 6.07) is 47.0. The Morgan fingerprint density at radius 1 is 0.350 bits per heavy atom. The Labute approximate surface area is 236 Å². The van der Waals surface area contributed by atoms with Crippen LogP contribution in [0.15, 0.2) is 146 Å². The maximum Gasteiger partial charge on any atom is 0.255 e. The average molecular weight is 525 g/mol. The summed E-state index contributed by atoms with van der Waals surface area (Å²) in [5.41, 5.74) is 4.95. The van der Waals surface area contributed by atoms with Crippen LogP contribution in [0.4, 0.5) is 0 Å². The number of carbonyl (C=O) groups excluding carboxylic acids is 2. The van der Waals surface area contributed by atoms with Gasteiger partial charge in [-0.05, 0) is 34.4 Å². The maximum atomic E-state index is 14.2. The summed E-state index contributed by atoms with van der Waals surface area (Å²) < 4.78 is 0. The molecule has 5 aromatic carbocycles. The molecule has 0 aliphatic heterocycles. The van der Waals surface area contributed by atoms with Gasteiger partial charge in [0.2, 0.25) is 0 Å². The Bertz CT molecular complexity index is 1320. The lowest BCUT2D eigenvalue weighted by Gasteiger charge is -2.27. The highest BCUT2D eigenvalue weighted by Gasteiger charge is 2.25. The zero-order valence-electron chi connectivity index (χ0n) is 22.4. The monoisotopic (exact) mass is 524 g/mol. The van der Waals surface area contributed by atoms with E-state index < -0.39 is 0 Å². The van der Waals surface area contributed by atoms with Crippen LogP contribution in [-0.2, 0) is 26.2 Å². The van der Waals surface area contributed by atoms with Gasteiger partial charge in [0.25, 0.3) is 11.8 Å². The molecule has 4 nitrogen and oxygen atoms in total. The minimum atomic E-state index is -0.170. The van der Waals surface area contributed by atoms with Crippen LogP contribution in [0.2, 0.25) is 0 Å². The van der Waals surface area contributed by atoms with Crippen LogP contribution in [-0.4, -0.2) is 21.6 Å². The van der Waals surface area contributed by atoms with Gasteiger partial charge in [-0.3, -0.25) is 9.59 Å². The van der Waals surface area contributed by atoms with Gasteiger partial charge >= 0.3 is 0 Å². The first-order valence-corrected chi connectivity index (χ1v) is 13.5. The van der Waals surface area contributed by atoms with Crippen LogP contribution in [0.3, 0.4) is 0 Å². The molecular weight excluding hydrogens is 492 g/mol. The number of carbonyl (C=O) groups is 2. The average Bonchev–Trinajstić information content (AvgIpc) is 3.02. The normalized spacial score (nSPS) is 10.6. The smallest absolute Gasteiger partial charge is 0.255 e. The first-order valence-electron chi connectivity index (χ1n) is 13.5. The van der Waals surface area contributed by atoms with E-state index in [4.69, 9.17) is 0 Å². The van der Waals surface area contributed by atoms with Crippen molar-refractivity contribution in [3.05, 3.63) is 179 Å². The van der Waals surface area contributed by atoms with Crippen LogP contribution < -0.4 is 0 Å². The molecule has 5 rings (SSSR count). The summed E-state index contributed by atoms with van der Waals surface area (Å²) in [6.45, 7) is 1.76. The summed E-state index contributed by atoms with van der Waals surface area (Å²) in [6.07, 6.45) is 0. The van der Waals surface area contributed by atoms with Crippen LogP contribution in [0.1, 0.15) is 43.0 Å². The minimum absolute atomic E-state index is 0.170. The summed E-state index contributed by atoms with van der Waals surface area (Å²) in [5.74, 6) is -0.341. The van der Waals surface area contributed by atoms with Gasteiger partial charge in [-0.1, -0.05) is 133 Å². The molecule has 0 aromatic heterocycles. The molecule has 0 bridgehead atoms. The van der Waals surface area contributed by atoms with Crippen molar-refractivity contribution < 1.29 is 9.59 Å². The van der Waals surface area contributed by atoms with Crippen LogP contribution in [0, 0.1) is 0 Å². The highest BCUT2D eigenvalue weighted by molar-refractivity contribution is 6.07. The molecule has 2 amide bonds. The number of benzene rings is 5. The Morgan fingerprint density at radius 3 is 0.825 bits per heavy atom. The molecule has 4 heteroatoms. The van der Waals surface area contributed by atoms with Crippen molar-refractivity contribution in [3.8, 4) is 0 Å². The quantitative estimate of drug-likeness (QED) is 0.191. The molecule has 5 aromatic rings. The molecule has 0 unspecified atom stereocenters. The number of amides is 2. The van der Waals surface area contributed by atoms with Gasteiger partial charge in [-0.2, -0.15) is 0 Å². The van der Waals surface area contributed by atoms with E-state index in [1.165, 1.54) is 0 Å². The van der Waals surface area contributed by atoms with Crippen LogP contribution in [0.25, 0.3) is 0 Å². The third-order valence-corrected chi connectivity index (χ3v) is 6.83. The van der Waals surface area contributed by atoms with Crippen molar-refractivity contribution in [1.82, 2.24) is 9.80 Å². The first-order chi connectivity index (χ1) is 19.7. The van der Waals surface area contributed by atoms with Crippen molar-refractivity contribution in [2.75, 3.05) is 0 Å². The van der Waals surface area contributed by atoms with E-state index in [-0.39, 0.29) is 11.8 Å². The topological polar surface area (TPSA) is 40.6 Å². The molecule has 40 heavy (non-hydrogen) atoms. The summed E-state index contributed by atoms with van der Waals surface area (Å²) in [4.78, 5) is 32.0. The molecule has 0 saturated heterocycles. The number of hydrogen-bond acceptors (Lipinski definition) is 2. The maximum absolute atomic E-state index is 14.2. The largest absolute Gasteiger partial charge is 0.330 e.